The predicted molar refractivity (Wildman–Crippen MR) is 52.7 cm³/mol. The molecule has 70 valence electrons. The number of hydrogen-bond acceptors (Lipinski definition) is 3. The van der Waals surface area contributed by atoms with Gasteiger partial charge in [0.05, 0.1) is 6.04 Å². The van der Waals surface area contributed by atoms with Crippen molar-refractivity contribution in [2.24, 2.45) is 0 Å². The largest absolute Gasteiger partial charge is 0.490 e. The molecular formula is C9H10BrNO2. The Morgan fingerprint density at radius 2 is 2.23 bits per heavy atom. The van der Waals surface area contributed by atoms with Crippen LogP contribution < -0.4 is 9.08 Å². The molecule has 0 unspecified atom stereocenters. The third-order valence-electron chi connectivity index (χ3n) is 2.17. The van der Waals surface area contributed by atoms with E-state index < -0.39 is 6.10 Å². The first kappa shape index (κ1) is 8.99. The minimum atomic E-state index is -0.505. The number of benzene rings is 1. The molecule has 0 aliphatic carbocycles. The van der Waals surface area contributed by atoms with E-state index >= 15 is 0 Å². The van der Waals surface area contributed by atoms with Crippen LogP contribution in [-0.4, -0.2) is 17.8 Å². The first-order chi connectivity index (χ1) is 6.33. The van der Waals surface area contributed by atoms with Crippen molar-refractivity contribution in [2.75, 3.05) is 6.61 Å². The molecular weight excluding hydrogens is 234 g/mol. The van der Waals surface area contributed by atoms with Crippen molar-refractivity contribution in [3.05, 3.63) is 29.8 Å². The molecule has 1 aliphatic heterocycles. The summed E-state index contributed by atoms with van der Waals surface area (Å²) in [6.07, 6.45) is -0.505. The van der Waals surface area contributed by atoms with Crippen LogP contribution in [0, 0.1) is 0 Å². The van der Waals surface area contributed by atoms with Crippen LogP contribution in [0.3, 0.4) is 0 Å². The van der Waals surface area contributed by atoms with Gasteiger partial charge in [0.1, 0.15) is 18.5 Å². The Balaban J connectivity index is 2.39. The van der Waals surface area contributed by atoms with E-state index in [9.17, 15) is 5.11 Å². The van der Waals surface area contributed by atoms with Crippen molar-refractivity contribution in [3.63, 3.8) is 0 Å². The summed E-state index contributed by atoms with van der Waals surface area (Å²) >= 11 is 3.16. The van der Waals surface area contributed by atoms with Crippen molar-refractivity contribution >= 4 is 16.1 Å². The molecule has 0 bridgehead atoms. The zero-order chi connectivity index (χ0) is 9.26. The van der Waals surface area contributed by atoms with E-state index in [1.54, 1.807) is 0 Å². The molecule has 2 N–H and O–H groups in total. The smallest absolute Gasteiger partial charge is 0.124 e. The van der Waals surface area contributed by atoms with Gasteiger partial charge in [0.15, 0.2) is 0 Å². The molecule has 13 heavy (non-hydrogen) atoms. The van der Waals surface area contributed by atoms with Gasteiger partial charge < -0.3 is 9.84 Å². The van der Waals surface area contributed by atoms with Crippen LogP contribution in [0.15, 0.2) is 24.3 Å². The van der Waals surface area contributed by atoms with Crippen LogP contribution in [0.4, 0.5) is 0 Å². The van der Waals surface area contributed by atoms with Crippen molar-refractivity contribution in [1.82, 2.24) is 4.34 Å². The van der Waals surface area contributed by atoms with Gasteiger partial charge in [-0.1, -0.05) is 18.2 Å². The number of aliphatic hydroxyl groups excluding tert-OH is 1. The van der Waals surface area contributed by atoms with Gasteiger partial charge in [-0.15, -0.1) is 0 Å². The maximum Gasteiger partial charge on any atom is 0.124 e. The zero-order valence-electron chi connectivity index (χ0n) is 6.90. The Morgan fingerprint density at radius 1 is 1.46 bits per heavy atom. The van der Waals surface area contributed by atoms with E-state index in [-0.39, 0.29) is 6.04 Å². The minimum Gasteiger partial charge on any atom is -0.490 e. The highest BCUT2D eigenvalue weighted by molar-refractivity contribution is 9.08. The molecule has 1 heterocycles. The number of para-hydroxylation sites is 1. The number of aliphatic hydroxyl groups is 1. The quantitative estimate of drug-likeness (QED) is 0.733. The third kappa shape index (κ3) is 1.57. The highest BCUT2D eigenvalue weighted by Gasteiger charge is 2.28. The Labute approximate surface area is 85.1 Å². The van der Waals surface area contributed by atoms with Gasteiger partial charge in [-0.2, -0.15) is 0 Å². The maximum atomic E-state index is 9.60. The van der Waals surface area contributed by atoms with Crippen LogP contribution in [-0.2, 0) is 0 Å². The summed E-state index contributed by atoms with van der Waals surface area (Å²) in [7, 11) is 0. The van der Waals surface area contributed by atoms with Gasteiger partial charge in [-0.3, -0.25) is 0 Å². The molecule has 2 atom stereocenters. The van der Waals surface area contributed by atoms with Crippen molar-refractivity contribution in [2.45, 2.75) is 12.1 Å². The Hall–Kier alpha value is -0.580. The number of fused-ring (bicyclic) bond motifs is 1. The van der Waals surface area contributed by atoms with E-state index in [1.807, 2.05) is 24.3 Å². The second-order valence-corrected chi connectivity index (χ2v) is 3.46. The maximum absolute atomic E-state index is 9.60. The second kappa shape index (κ2) is 3.65. The highest BCUT2D eigenvalue weighted by atomic mass is 79.9. The fourth-order valence-electron chi connectivity index (χ4n) is 1.48. The van der Waals surface area contributed by atoms with Crippen molar-refractivity contribution in [1.29, 1.82) is 0 Å². The van der Waals surface area contributed by atoms with E-state index in [0.717, 1.165) is 11.3 Å². The third-order valence-corrected chi connectivity index (χ3v) is 2.66. The van der Waals surface area contributed by atoms with Crippen molar-refractivity contribution < 1.29 is 9.84 Å². The molecule has 4 heteroatoms. The Bertz CT molecular complexity index is 305. The molecule has 0 fully saturated rings. The number of nitrogens with one attached hydrogen (secondary N) is 1. The van der Waals surface area contributed by atoms with E-state index in [2.05, 4.69) is 20.5 Å². The number of hydrogen-bond donors (Lipinski definition) is 2. The standard InChI is InChI=1S/C9H10BrNO2/c10-11-9-6-3-1-2-4-8(6)13-5-7(9)12/h1-4,7,9,11-12H,5H2/t7-,9+/m1/s1. The molecule has 0 aromatic heterocycles. The molecule has 0 saturated heterocycles. The lowest BCUT2D eigenvalue weighted by Gasteiger charge is -2.29. The van der Waals surface area contributed by atoms with Gasteiger partial charge >= 0.3 is 0 Å². The highest BCUT2D eigenvalue weighted by Crippen LogP contribution is 2.32. The van der Waals surface area contributed by atoms with E-state index in [1.165, 1.54) is 0 Å². The molecule has 0 radical (unpaired) electrons. The Kier molecular flexibility index (Phi) is 2.53. The van der Waals surface area contributed by atoms with Crippen LogP contribution >= 0.6 is 16.1 Å². The number of ether oxygens (including phenoxy) is 1. The number of rotatable bonds is 1. The fourth-order valence-corrected chi connectivity index (χ4v) is 2.03. The minimum absolute atomic E-state index is 0.0926. The summed E-state index contributed by atoms with van der Waals surface area (Å²) in [4.78, 5) is 0. The molecule has 0 amide bonds. The zero-order valence-corrected chi connectivity index (χ0v) is 8.49. The second-order valence-electron chi connectivity index (χ2n) is 3.00. The van der Waals surface area contributed by atoms with E-state index in [4.69, 9.17) is 4.74 Å². The molecule has 0 spiro atoms. The summed E-state index contributed by atoms with van der Waals surface area (Å²) in [6, 6.07) is 7.60. The lowest BCUT2D eigenvalue weighted by molar-refractivity contribution is 0.0641. The van der Waals surface area contributed by atoms with Crippen LogP contribution in [0.2, 0.25) is 0 Å². The summed E-state index contributed by atoms with van der Waals surface area (Å²) in [5.74, 6) is 0.838. The topological polar surface area (TPSA) is 41.5 Å². The van der Waals surface area contributed by atoms with Crippen molar-refractivity contribution in [3.8, 4) is 5.75 Å². The average Bonchev–Trinajstić information content (AvgIpc) is 2.18. The molecule has 1 aromatic rings. The average molecular weight is 244 g/mol. The normalized spacial score (nSPS) is 26.3. The van der Waals surface area contributed by atoms with Crippen LogP contribution in [0.5, 0.6) is 5.75 Å². The SMILES string of the molecule is O[C@@H]1COc2ccccc2[C@@H]1NBr. The summed E-state index contributed by atoms with van der Waals surface area (Å²) < 4.78 is 8.25. The summed E-state index contributed by atoms with van der Waals surface area (Å²) in [5, 5.41) is 9.60. The first-order valence-corrected chi connectivity index (χ1v) is 4.88. The molecule has 1 aromatic carbocycles. The molecule has 3 nitrogen and oxygen atoms in total. The van der Waals surface area contributed by atoms with Gasteiger partial charge in [0.2, 0.25) is 0 Å². The lowest BCUT2D eigenvalue weighted by Crippen LogP contribution is -2.35. The molecule has 1 aliphatic rings. The monoisotopic (exact) mass is 243 g/mol. The van der Waals surface area contributed by atoms with Crippen LogP contribution in [0.1, 0.15) is 11.6 Å². The fraction of sp³-hybridized carbons (Fsp3) is 0.333. The lowest BCUT2D eigenvalue weighted by atomic mass is 9.99. The number of halogens is 1. The van der Waals surface area contributed by atoms with Gasteiger partial charge in [0.25, 0.3) is 0 Å². The summed E-state index contributed by atoms with van der Waals surface area (Å²) in [5.41, 5.74) is 0.984. The molecule has 2 rings (SSSR count). The van der Waals surface area contributed by atoms with Gasteiger partial charge in [0, 0.05) is 21.7 Å². The summed E-state index contributed by atoms with van der Waals surface area (Å²) in [6.45, 7) is 0.334. The van der Waals surface area contributed by atoms with Gasteiger partial charge in [-0.05, 0) is 6.07 Å². The first-order valence-electron chi connectivity index (χ1n) is 4.09. The van der Waals surface area contributed by atoms with E-state index in [0.29, 0.717) is 6.61 Å². The molecule has 0 saturated carbocycles. The van der Waals surface area contributed by atoms with Gasteiger partial charge in [-0.25, -0.2) is 4.34 Å². The predicted octanol–water partition coefficient (Wildman–Crippen LogP) is 1.38. The Morgan fingerprint density at radius 3 is 3.00 bits per heavy atom. The van der Waals surface area contributed by atoms with Crippen LogP contribution in [0.25, 0.3) is 0 Å².